The number of methoxy groups -OCH3 is 2. The predicted octanol–water partition coefficient (Wildman–Crippen LogP) is -1.91. The first-order valence-electron chi connectivity index (χ1n) is 4.33. The van der Waals surface area contributed by atoms with Crippen LogP contribution in [0.2, 0.25) is 0 Å². The summed E-state index contributed by atoms with van der Waals surface area (Å²) >= 11 is 0. The Bertz CT molecular complexity index is 159. The molecule has 3 N–H and O–H groups in total. The van der Waals surface area contributed by atoms with Crippen molar-refractivity contribution in [2.24, 2.45) is 0 Å². The Morgan fingerprint density at radius 3 is 2.21 bits per heavy atom. The first-order chi connectivity index (χ1) is 6.65. The average Bonchev–Trinajstić information content (AvgIpc) is 2.19. The highest BCUT2D eigenvalue weighted by Crippen LogP contribution is 2.23. The van der Waals surface area contributed by atoms with Gasteiger partial charge in [-0.05, 0) is 0 Å². The minimum atomic E-state index is -1.07. The summed E-state index contributed by atoms with van der Waals surface area (Å²) in [5.74, 6) is 0. The van der Waals surface area contributed by atoms with Gasteiger partial charge in [0.05, 0.1) is 6.61 Å². The molecule has 0 aromatic rings. The van der Waals surface area contributed by atoms with E-state index in [4.69, 9.17) is 19.3 Å². The largest absolute Gasteiger partial charge is 0.394 e. The van der Waals surface area contributed by atoms with Crippen molar-refractivity contribution in [2.45, 2.75) is 30.7 Å². The second-order valence-electron chi connectivity index (χ2n) is 3.14. The van der Waals surface area contributed by atoms with Crippen molar-refractivity contribution < 1.29 is 29.5 Å². The van der Waals surface area contributed by atoms with Gasteiger partial charge in [0, 0.05) is 14.2 Å². The van der Waals surface area contributed by atoms with Crippen LogP contribution in [0.3, 0.4) is 0 Å². The summed E-state index contributed by atoms with van der Waals surface area (Å²) in [4.78, 5) is 0. The molecular weight excluding hydrogens is 192 g/mol. The average molecular weight is 208 g/mol. The van der Waals surface area contributed by atoms with Crippen LogP contribution in [-0.2, 0) is 14.2 Å². The van der Waals surface area contributed by atoms with Crippen molar-refractivity contribution in [3.05, 3.63) is 0 Å². The van der Waals surface area contributed by atoms with Gasteiger partial charge >= 0.3 is 0 Å². The lowest BCUT2D eigenvalue weighted by molar-refractivity contribution is -0.298. The second kappa shape index (κ2) is 5.01. The van der Waals surface area contributed by atoms with Crippen LogP contribution < -0.4 is 0 Å². The van der Waals surface area contributed by atoms with Gasteiger partial charge in [0.15, 0.2) is 6.29 Å². The van der Waals surface area contributed by atoms with Gasteiger partial charge in [-0.1, -0.05) is 0 Å². The van der Waals surface area contributed by atoms with E-state index in [1.54, 1.807) is 0 Å². The minimum Gasteiger partial charge on any atom is -0.394 e. The molecule has 0 aromatic carbocycles. The maximum absolute atomic E-state index is 9.60. The van der Waals surface area contributed by atoms with Gasteiger partial charge in [0.2, 0.25) is 0 Å². The van der Waals surface area contributed by atoms with E-state index >= 15 is 0 Å². The predicted molar refractivity (Wildman–Crippen MR) is 45.6 cm³/mol. The Morgan fingerprint density at radius 2 is 1.79 bits per heavy atom. The first kappa shape index (κ1) is 11.8. The number of hydrogen-bond donors (Lipinski definition) is 3. The van der Waals surface area contributed by atoms with Crippen LogP contribution in [0, 0.1) is 0 Å². The Hall–Kier alpha value is -0.240. The van der Waals surface area contributed by atoms with Crippen molar-refractivity contribution in [1.82, 2.24) is 0 Å². The molecule has 1 saturated heterocycles. The maximum atomic E-state index is 9.60. The van der Waals surface area contributed by atoms with Crippen molar-refractivity contribution in [2.75, 3.05) is 20.8 Å². The molecule has 0 aromatic heterocycles. The summed E-state index contributed by atoms with van der Waals surface area (Å²) in [5.41, 5.74) is 0. The molecule has 2 unspecified atom stereocenters. The molecule has 84 valence electrons. The summed E-state index contributed by atoms with van der Waals surface area (Å²) in [6.07, 6.45) is -4.63. The zero-order chi connectivity index (χ0) is 10.7. The molecule has 1 heterocycles. The molecule has 1 fully saturated rings. The molecule has 0 bridgehead atoms. The van der Waals surface area contributed by atoms with Gasteiger partial charge in [-0.2, -0.15) is 0 Å². The Labute approximate surface area is 82.0 Å². The Balaban J connectivity index is 2.72. The third kappa shape index (κ3) is 2.05. The molecule has 0 radical (unpaired) electrons. The standard InChI is InChI=1S/C8H16O6/c1-12-7-5(10)4(3-9)14-8(13-2)6(7)11/h4-11H,3H2,1-2H3/t4?,5-,6?,7+,8+/m1/s1. The van der Waals surface area contributed by atoms with E-state index in [2.05, 4.69) is 0 Å². The van der Waals surface area contributed by atoms with Crippen LogP contribution in [0.15, 0.2) is 0 Å². The van der Waals surface area contributed by atoms with Crippen molar-refractivity contribution in [1.29, 1.82) is 0 Å². The molecule has 1 rings (SSSR count). The van der Waals surface area contributed by atoms with E-state index in [1.165, 1.54) is 14.2 Å². The number of hydrogen-bond acceptors (Lipinski definition) is 6. The number of aliphatic hydroxyl groups excluding tert-OH is 3. The molecule has 5 atom stereocenters. The van der Waals surface area contributed by atoms with Crippen molar-refractivity contribution in [3.8, 4) is 0 Å². The lowest BCUT2D eigenvalue weighted by atomic mass is 9.99. The van der Waals surface area contributed by atoms with E-state index < -0.39 is 30.7 Å². The molecule has 14 heavy (non-hydrogen) atoms. The SMILES string of the molecule is CO[C@H]1OC(CO)[C@@H](O)[C@H](OC)C1O. The summed E-state index contributed by atoms with van der Waals surface area (Å²) < 4.78 is 14.8. The van der Waals surface area contributed by atoms with Gasteiger partial charge in [-0.25, -0.2) is 0 Å². The highest BCUT2D eigenvalue weighted by Gasteiger charge is 2.44. The molecule has 6 heteroatoms. The van der Waals surface area contributed by atoms with Crippen molar-refractivity contribution in [3.63, 3.8) is 0 Å². The number of ether oxygens (including phenoxy) is 3. The Morgan fingerprint density at radius 1 is 1.14 bits per heavy atom. The summed E-state index contributed by atoms with van der Waals surface area (Å²) in [6.45, 7) is -0.354. The van der Waals surface area contributed by atoms with Crippen LogP contribution in [0.5, 0.6) is 0 Å². The molecule has 6 nitrogen and oxygen atoms in total. The molecule has 1 aliphatic heterocycles. The lowest BCUT2D eigenvalue weighted by Gasteiger charge is -2.40. The summed E-state index contributed by atoms with van der Waals surface area (Å²) in [6, 6.07) is 0. The van der Waals surface area contributed by atoms with E-state index in [-0.39, 0.29) is 6.61 Å². The lowest BCUT2D eigenvalue weighted by Crippen LogP contribution is -2.59. The van der Waals surface area contributed by atoms with E-state index in [1.807, 2.05) is 0 Å². The van der Waals surface area contributed by atoms with Crippen LogP contribution >= 0.6 is 0 Å². The molecule has 0 amide bonds. The van der Waals surface area contributed by atoms with Gasteiger partial charge in [0.25, 0.3) is 0 Å². The molecule has 1 aliphatic rings. The second-order valence-corrected chi connectivity index (χ2v) is 3.14. The van der Waals surface area contributed by atoms with Gasteiger partial charge in [-0.15, -0.1) is 0 Å². The number of rotatable bonds is 3. The normalized spacial score (nSPS) is 43.9. The maximum Gasteiger partial charge on any atom is 0.186 e. The third-order valence-electron chi connectivity index (χ3n) is 2.33. The fourth-order valence-corrected chi connectivity index (χ4v) is 1.53. The first-order valence-corrected chi connectivity index (χ1v) is 4.33. The highest BCUT2D eigenvalue weighted by molar-refractivity contribution is 4.89. The minimum absolute atomic E-state index is 0.354. The van der Waals surface area contributed by atoms with Crippen LogP contribution in [-0.4, -0.2) is 66.9 Å². The van der Waals surface area contributed by atoms with E-state index in [9.17, 15) is 10.2 Å². The monoisotopic (exact) mass is 208 g/mol. The van der Waals surface area contributed by atoms with Crippen LogP contribution in [0.4, 0.5) is 0 Å². The zero-order valence-electron chi connectivity index (χ0n) is 8.16. The number of aliphatic hydroxyl groups is 3. The molecule has 0 spiro atoms. The van der Waals surface area contributed by atoms with Crippen molar-refractivity contribution >= 4 is 0 Å². The summed E-state index contributed by atoms with van der Waals surface area (Å²) in [5, 5.41) is 28.1. The fourth-order valence-electron chi connectivity index (χ4n) is 1.53. The van der Waals surface area contributed by atoms with Gasteiger partial charge in [0.1, 0.15) is 24.4 Å². The fraction of sp³-hybridized carbons (Fsp3) is 1.00. The smallest absolute Gasteiger partial charge is 0.186 e. The molecule has 0 aliphatic carbocycles. The van der Waals surface area contributed by atoms with Gasteiger partial charge < -0.3 is 29.5 Å². The highest BCUT2D eigenvalue weighted by atomic mass is 16.7. The van der Waals surface area contributed by atoms with Gasteiger partial charge in [-0.3, -0.25) is 0 Å². The van der Waals surface area contributed by atoms with Crippen LogP contribution in [0.25, 0.3) is 0 Å². The van der Waals surface area contributed by atoms with E-state index in [0.717, 1.165) is 0 Å². The third-order valence-corrected chi connectivity index (χ3v) is 2.33. The van der Waals surface area contributed by atoms with Crippen LogP contribution in [0.1, 0.15) is 0 Å². The van der Waals surface area contributed by atoms with E-state index in [0.29, 0.717) is 0 Å². The zero-order valence-corrected chi connectivity index (χ0v) is 8.16. The Kier molecular flexibility index (Phi) is 4.24. The summed E-state index contributed by atoms with van der Waals surface area (Å²) in [7, 11) is 2.73. The topological polar surface area (TPSA) is 88.4 Å². The quantitative estimate of drug-likeness (QED) is 0.501. The molecular formula is C8H16O6. The molecule has 0 saturated carbocycles.